The summed E-state index contributed by atoms with van der Waals surface area (Å²) in [5.41, 5.74) is 6.34. The van der Waals surface area contributed by atoms with Crippen LogP contribution in [0.2, 0.25) is 0 Å². The van der Waals surface area contributed by atoms with Crippen LogP contribution < -0.4 is 5.73 Å². The molecule has 0 aromatic heterocycles. The van der Waals surface area contributed by atoms with Crippen molar-refractivity contribution in [3.63, 3.8) is 0 Å². The summed E-state index contributed by atoms with van der Waals surface area (Å²) < 4.78 is 5.89. The van der Waals surface area contributed by atoms with E-state index in [1.807, 2.05) is 0 Å². The third-order valence-electron chi connectivity index (χ3n) is 5.09. The lowest BCUT2D eigenvalue weighted by atomic mass is 9.80. The quantitative estimate of drug-likeness (QED) is 0.791. The Bertz CT molecular complexity index is 253. The van der Waals surface area contributed by atoms with Crippen molar-refractivity contribution in [1.29, 1.82) is 0 Å². The molecule has 2 unspecified atom stereocenters. The van der Waals surface area contributed by atoms with Crippen LogP contribution in [0.15, 0.2) is 0 Å². The molecule has 0 aromatic carbocycles. The van der Waals surface area contributed by atoms with Crippen LogP contribution in [0, 0.1) is 5.92 Å². The van der Waals surface area contributed by atoms with Crippen LogP contribution in [0.4, 0.5) is 0 Å². The number of hydrogen-bond donors (Lipinski definition) is 1. The summed E-state index contributed by atoms with van der Waals surface area (Å²) in [6.45, 7) is 5.13. The number of hydrogen-bond acceptors (Lipinski definition) is 3. The van der Waals surface area contributed by atoms with Gasteiger partial charge in [0.15, 0.2) is 0 Å². The zero-order chi connectivity index (χ0) is 13.0. The van der Waals surface area contributed by atoms with E-state index >= 15 is 0 Å². The molecule has 1 saturated carbocycles. The first-order chi connectivity index (χ1) is 8.70. The summed E-state index contributed by atoms with van der Waals surface area (Å²) in [6.07, 6.45) is 9.30. The molecule has 1 heterocycles. The van der Waals surface area contributed by atoms with Crippen LogP contribution in [0.3, 0.4) is 0 Å². The van der Waals surface area contributed by atoms with Gasteiger partial charge in [-0.1, -0.05) is 19.8 Å². The van der Waals surface area contributed by atoms with Crippen molar-refractivity contribution in [3.05, 3.63) is 0 Å². The van der Waals surface area contributed by atoms with Crippen LogP contribution in [-0.4, -0.2) is 43.3 Å². The molecule has 18 heavy (non-hydrogen) atoms. The minimum atomic E-state index is 0.202. The SMILES string of the molecule is CCCC1CC(CN)(N(C)CC2CCC2)CCO1. The Morgan fingerprint density at radius 3 is 2.72 bits per heavy atom. The molecule has 106 valence electrons. The molecule has 1 saturated heterocycles. The number of nitrogens with two attached hydrogens (primary N) is 1. The smallest absolute Gasteiger partial charge is 0.0593 e. The van der Waals surface area contributed by atoms with Crippen LogP contribution in [0.25, 0.3) is 0 Å². The van der Waals surface area contributed by atoms with Gasteiger partial charge in [0, 0.05) is 25.2 Å². The van der Waals surface area contributed by atoms with E-state index in [4.69, 9.17) is 10.5 Å². The van der Waals surface area contributed by atoms with Gasteiger partial charge in [0.25, 0.3) is 0 Å². The predicted octanol–water partition coefficient (Wildman–Crippen LogP) is 2.39. The first-order valence-electron chi connectivity index (χ1n) is 7.73. The fourth-order valence-corrected chi connectivity index (χ4v) is 3.45. The molecule has 0 spiro atoms. The highest BCUT2D eigenvalue weighted by atomic mass is 16.5. The van der Waals surface area contributed by atoms with Crippen molar-refractivity contribution in [1.82, 2.24) is 4.90 Å². The van der Waals surface area contributed by atoms with E-state index < -0.39 is 0 Å². The molecule has 2 atom stereocenters. The third kappa shape index (κ3) is 3.06. The summed E-state index contributed by atoms with van der Waals surface area (Å²) in [5.74, 6) is 0.922. The van der Waals surface area contributed by atoms with Gasteiger partial charge in [-0.15, -0.1) is 0 Å². The van der Waals surface area contributed by atoms with E-state index in [9.17, 15) is 0 Å². The zero-order valence-corrected chi connectivity index (χ0v) is 12.2. The standard InChI is InChI=1S/C15H30N2O/c1-3-5-14-10-15(12-16,8-9-18-14)17(2)11-13-6-4-7-13/h13-14H,3-12,16H2,1-2H3. The Morgan fingerprint density at radius 1 is 1.39 bits per heavy atom. The maximum atomic E-state index is 6.14. The van der Waals surface area contributed by atoms with Gasteiger partial charge in [-0.25, -0.2) is 0 Å². The van der Waals surface area contributed by atoms with Gasteiger partial charge in [0.2, 0.25) is 0 Å². The summed E-state index contributed by atoms with van der Waals surface area (Å²) in [7, 11) is 2.28. The average Bonchev–Trinajstić information content (AvgIpc) is 2.34. The summed E-state index contributed by atoms with van der Waals surface area (Å²) >= 11 is 0. The lowest BCUT2D eigenvalue weighted by molar-refractivity contribution is -0.0721. The molecule has 0 amide bonds. The zero-order valence-electron chi connectivity index (χ0n) is 12.2. The van der Waals surface area contributed by atoms with E-state index in [0.29, 0.717) is 6.10 Å². The molecule has 3 heteroatoms. The Balaban J connectivity index is 1.94. The van der Waals surface area contributed by atoms with Gasteiger partial charge in [-0.3, -0.25) is 4.90 Å². The Hall–Kier alpha value is -0.120. The Kier molecular flexibility index (Phi) is 5.05. The molecular weight excluding hydrogens is 224 g/mol. The molecule has 0 bridgehead atoms. The first kappa shape index (κ1) is 14.3. The van der Waals surface area contributed by atoms with Gasteiger partial charge in [0.1, 0.15) is 0 Å². The highest BCUT2D eigenvalue weighted by Gasteiger charge is 2.40. The second-order valence-electron chi connectivity index (χ2n) is 6.34. The van der Waals surface area contributed by atoms with Gasteiger partial charge in [-0.2, -0.15) is 0 Å². The van der Waals surface area contributed by atoms with Crippen molar-refractivity contribution in [2.45, 2.75) is 63.5 Å². The van der Waals surface area contributed by atoms with Crippen molar-refractivity contribution >= 4 is 0 Å². The second kappa shape index (κ2) is 6.36. The molecule has 2 N–H and O–H groups in total. The van der Waals surface area contributed by atoms with E-state index in [2.05, 4.69) is 18.9 Å². The van der Waals surface area contributed by atoms with Crippen molar-refractivity contribution in [2.75, 3.05) is 26.7 Å². The van der Waals surface area contributed by atoms with Crippen LogP contribution in [-0.2, 0) is 4.74 Å². The summed E-state index contributed by atoms with van der Waals surface area (Å²) in [5, 5.41) is 0. The maximum Gasteiger partial charge on any atom is 0.0593 e. The molecule has 2 rings (SSSR count). The highest BCUT2D eigenvalue weighted by molar-refractivity contribution is 4.96. The van der Waals surface area contributed by atoms with E-state index in [0.717, 1.165) is 31.9 Å². The van der Waals surface area contributed by atoms with E-state index in [-0.39, 0.29) is 5.54 Å². The minimum absolute atomic E-state index is 0.202. The summed E-state index contributed by atoms with van der Waals surface area (Å²) in [4.78, 5) is 2.56. The van der Waals surface area contributed by atoms with Crippen molar-refractivity contribution in [2.24, 2.45) is 11.7 Å². The Labute approximate surface area is 112 Å². The van der Waals surface area contributed by atoms with Crippen molar-refractivity contribution in [3.8, 4) is 0 Å². The monoisotopic (exact) mass is 254 g/mol. The van der Waals surface area contributed by atoms with E-state index in [1.54, 1.807) is 0 Å². The fourth-order valence-electron chi connectivity index (χ4n) is 3.45. The van der Waals surface area contributed by atoms with Gasteiger partial charge >= 0.3 is 0 Å². The Morgan fingerprint density at radius 2 is 2.17 bits per heavy atom. The van der Waals surface area contributed by atoms with Crippen LogP contribution in [0.1, 0.15) is 51.9 Å². The molecule has 2 aliphatic rings. The maximum absolute atomic E-state index is 6.14. The number of nitrogens with zero attached hydrogens (tertiary/aromatic N) is 1. The molecule has 1 aliphatic heterocycles. The van der Waals surface area contributed by atoms with Gasteiger partial charge in [-0.05, 0) is 45.1 Å². The lowest BCUT2D eigenvalue weighted by Crippen LogP contribution is -2.58. The first-order valence-corrected chi connectivity index (χ1v) is 7.73. The van der Waals surface area contributed by atoms with Crippen molar-refractivity contribution < 1.29 is 4.74 Å². The van der Waals surface area contributed by atoms with Crippen LogP contribution >= 0.6 is 0 Å². The molecule has 1 aliphatic carbocycles. The highest BCUT2D eigenvalue weighted by Crippen LogP contribution is 2.34. The molecule has 0 aromatic rings. The topological polar surface area (TPSA) is 38.5 Å². The normalized spacial score (nSPS) is 33.7. The van der Waals surface area contributed by atoms with Gasteiger partial charge in [0.05, 0.1) is 6.10 Å². The number of ether oxygens (including phenoxy) is 1. The number of likely N-dealkylation sites (N-methyl/N-ethyl adjacent to an activating group) is 1. The molecule has 3 nitrogen and oxygen atoms in total. The minimum Gasteiger partial charge on any atom is -0.378 e. The fraction of sp³-hybridized carbons (Fsp3) is 1.00. The van der Waals surface area contributed by atoms with E-state index in [1.165, 1.54) is 38.6 Å². The molecule has 2 fully saturated rings. The average molecular weight is 254 g/mol. The largest absolute Gasteiger partial charge is 0.378 e. The summed E-state index contributed by atoms with van der Waals surface area (Å²) in [6, 6.07) is 0. The van der Waals surface area contributed by atoms with Gasteiger partial charge < -0.3 is 10.5 Å². The molecule has 0 radical (unpaired) electrons. The molecular formula is C15H30N2O. The number of rotatable bonds is 6. The third-order valence-corrected chi connectivity index (χ3v) is 5.09. The second-order valence-corrected chi connectivity index (χ2v) is 6.34. The van der Waals surface area contributed by atoms with Crippen LogP contribution in [0.5, 0.6) is 0 Å². The lowest BCUT2D eigenvalue weighted by Gasteiger charge is -2.48. The predicted molar refractivity (Wildman–Crippen MR) is 75.6 cm³/mol.